The van der Waals surface area contributed by atoms with Gasteiger partial charge in [-0.2, -0.15) is 9.97 Å². The van der Waals surface area contributed by atoms with E-state index >= 15 is 4.39 Å². The molecular weight excluding hydrogens is 627 g/mol. The molecule has 0 radical (unpaired) electrons. The number of hydrogen-bond donors (Lipinski definition) is 1. The van der Waals surface area contributed by atoms with Crippen LogP contribution in [-0.4, -0.2) is 85.2 Å². The van der Waals surface area contributed by atoms with E-state index in [1.54, 1.807) is 12.3 Å². The predicted octanol–water partition coefficient (Wildman–Crippen LogP) is 6.09. The zero-order valence-corrected chi connectivity index (χ0v) is 27.2. The Morgan fingerprint density at radius 3 is 2.79 bits per heavy atom. The molecule has 2 aromatic carbocycles. The van der Waals surface area contributed by atoms with Crippen molar-refractivity contribution < 1.29 is 27.2 Å². The van der Waals surface area contributed by atoms with Crippen molar-refractivity contribution in [3.05, 3.63) is 47.7 Å². The second kappa shape index (κ2) is 11.6. The number of halogens is 3. The average molecular weight is 666 g/mol. The Hall–Kier alpha value is -3.51. The highest BCUT2D eigenvalue weighted by Crippen LogP contribution is 2.44. The van der Waals surface area contributed by atoms with Crippen LogP contribution in [0.1, 0.15) is 51.0 Å². The van der Waals surface area contributed by atoms with E-state index in [4.69, 9.17) is 9.72 Å². The van der Waals surface area contributed by atoms with E-state index in [1.165, 1.54) is 18.2 Å². The minimum atomic E-state index is -0.922. The highest BCUT2D eigenvalue weighted by molar-refractivity contribution is 7.85. The molecular formula is C35H38F3N5O3S. The van der Waals surface area contributed by atoms with Crippen LogP contribution < -0.4 is 9.64 Å². The molecule has 4 fully saturated rings. The van der Waals surface area contributed by atoms with Crippen molar-refractivity contribution in [3.63, 3.8) is 0 Å². The quantitative estimate of drug-likeness (QED) is 0.265. The Morgan fingerprint density at radius 1 is 1.13 bits per heavy atom. The number of phenols is 1. The summed E-state index contributed by atoms with van der Waals surface area (Å²) in [5.41, 5.74) is 0.0753. The molecule has 1 N–H and O–H groups in total. The molecule has 0 unspecified atom stereocenters. The smallest absolute Gasteiger partial charge is 0.319 e. The minimum Gasteiger partial charge on any atom is -0.508 e. The normalized spacial score (nSPS) is 27.8. The largest absolute Gasteiger partial charge is 0.508 e. The fourth-order valence-corrected chi connectivity index (χ4v) is 10.6. The molecule has 4 aliphatic rings. The van der Waals surface area contributed by atoms with E-state index in [0.29, 0.717) is 71.5 Å². The number of piperidine rings is 1. The lowest BCUT2D eigenvalue weighted by atomic mass is 9.79. The van der Waals surface area contributed by atoms with Gasteiger partial charge in [0.1, 0.15) is 41.4 Å². The van der Waals surface area contributed by atoms with Gasteiger partial charge in [-0.25, -0.2) is 13.2 Å². The van der Waals surface area contributed by atoms with E-state index in [0.717, 1.165) is 38.6 Å². The van der Waals surface area contributed by atoms with Gasteiger partial charge >= 0.3 is 6.01 Å². The summed E-state index contributed by atoms with van der Waals surface area (Å²) in [5, 5.41) is 12.1. The number of anilines is 1. The predicted molar refractivity (Wildman–Crippen MR) is 176 cm³/mol. The van der Waals surface area contributed by atoms with Crippen molar-refractivity contribution in [1.29, 1.82) is 0 Å². The summed E-state index contributed by atoms with van der Waals surface area (Å²) in [6.07, 6.45) is 5.85. The van der Waals surface area contributed by atoms with Crippen molar-refractivity contribution >= 4 is 38.3 Å². The molecule has 0 aliphatic carbocycles. The number of phenolic OH excluding ortho intramolecular Hbond substituents is 1. The zero-order valence-electron chi connectivity index (χ0n) is 26.4. The molecule has 47 heavy (non-hydrogen) atoms. The van der Waals surface area contributed by atoms with Crippen molar-refractivity contribution in [2.24, 2.45) is 5.41 Å². The molecule has 4 aromatic rings. The molecule has 0 saturated carbocycles. The van der Waals surface area contributed by atoms with E-state index < -0.39 is 34.1 Å². The minimum absolute atomic E-state index is 0.00256. The summed E-state index contributed by atoms with van der Waals surface area (Å²) >= 11 is 0. The summed E-state index contributed by atoms with van der Waals surface area (Å²) < 4.78 is 65.2. The molecule has 4 saturated heterocycles. The Kier molecular flexibility index (Phi) is 7.59. The molecule has 0 amide bonds. The van der Waals surface area contributed by atoms with Crippen LogP contribution in [0.4, 0.5) is 19.0 Å². The third-order valence-electron chi connectivity index (χ3n) is 10.9. The van der Waals surface area contributed by atoms with Gasteiger partial charge in [0.15, 0.2) is 5.82 Å². The summed E-state index contributed by atoms with van der Waals surface area (Å²) in [6.45, 7) is 4.52. The van der Waals surface area contributed by atoms with E-state index in [9.17, 15) is 18.1 Å². The maximum atomic E-state index is 16.9. The molecule has 1 spiro atoms. The number of fused-ring (bicyclic) bond motifs is 3. The van der Waals surface area contributed by atoms with Crippen LogP contribution in [0.3, 0.4) is 0 Å². The molecule has 8 rings (SSSR count). The first kappa shape index (κ1) is 30.8. The van der Waals surface area contributed by atoms with Crippen molar-refractivity contribution in [2.45, 2.75) is 63.6 Å². The number of pyridine rings is 1. The first-order valence-electron chi connectivity index (χ1n) is 16.6. The van der Waals surface area contributed by atoms with Crippen LogP contribution in [-0.2, 0) is 17.2 Å². The topological polar surface area (TPSA) is 91.7 Å². The lowest BCUT2D eigenvalue weighted by Gasteiger charge is -2.40. The van der Waals surface area contributed by atoms with Gasteiger partial charge in [-0.05, 0) is 79.6 Å². The van der Waals surface area contributed by atoms with Gasteiger partial charge < -0.3 is 14.7 Å². The number of alkyl halides is 1. The Morgan fingerprint density at radius 2 is 1.98 bits per heavy atom. The average Bonchev–Trinajstić information content (AvgIpc) is 3.71. The fourth-order valence-electron chi connectivity index (χ4n) is 8.72. The van der Waals surface area contributed by atoms with Crippen LogP contribution in [0.5, 0.6) is 11.8 Å². The lowest BCUT2D eigenvalue weighted by molar-refractivity contribution is 0.107. The van der Waals surface area contributed by atoms with Crippen LogP contribution in [0.15, 0.2) is 30.5 Å². The molecule has 12 heteroatoms. The Balaban J connectivity index is 1.27. The highest BCUT2D eigenvalue weighted by atomic mass is 32.2. The van der Waals surface area contributed by atoms with Crippen LogP contribution >= 0.6 is 0 Å². The van der Waals surface area contributed by atoms with Crippen LogP contribution in [0, 0.1) is 17.0 Å². The van der Waals surface area contributed by atoms with Gasteiger partial charge in [0, 0.05) is 65.5 Å². The SMILES string of the molecule is CCc1c(F)ccc2cc(O)cc(-c3ncc4c(N5CCC[C@@]6(CC[S@](=O)C6)C5)nc(OC[C@@]56CCCN5C[C@H](F)C6)nc4c3F)c12. The van der Waals surface area contributed by atoms with Gasteiger partial charge in [-0.15, -0.1) is 0 Å². The fraction of sp³-hybridized carbons (Fsp3) is 0.514. The number of benzene rings is 2. The van der Waals surface area contributed by atoms with E-state index in [1.807, 2.05) is 6.92 Å². The maximum Gasteiger partial charge on any atom is 0.319 e. The van der Waals surface area contributed by atoms with Crippen LogP contribution in [0.2, 0.25) is 0 Å². The second-order valence-electron chi connectivity index (χ2n) is 13.9. The Labute approximate surface area is 273 Å². The summed E-state index contributed by atoms with van der Waals surface area (Å²) in [4.78, 5) is 18.3. The molecule has 248 valence electrons. The van der Waals surface area contributed by atoms with Crippen molar-refractivity contribution in [2.75, 3.05) is 49.2 Å². The first-order valence-corrected chi connectivity index (χ1v) is 18.1. The number of ether oxygens (including phenoxy) is 1. The molecule has 0 bridgehead atoms. The van der Waals surface area contributed by atoms with Crippen LogP contribution in [0.25, 0.3) is 32.9 Å². The van der Waals surface area contributed by atoms with Gasteiger partial charge in [0.25, 0.3) is 0 Å². The maximum absolute atomic E-state index is 16.9. The zero-order chi connectivity index (χ0) is 32.5. The van der Waals surface area contributed by atoms with E-state index in [-0.39, 0.29) is 40.6 Å². The van der Waals surface area contributed by atoms with Crippen molar-refractivity contribution in [3.8, 4) is 23.0 Å². The molecule has 4 aliphatic heterocycles. The van der Waals surface area contributed by atoms with Crippen molar-refractivity contribution in [1.82, 2.24) is 19.9 Å². The molecule has 6 heterocycles. The van der Waals surface area contributed by atoms with Gasteiger partial charge in [-0.3, -0.25) is 14.1 Å². The monoisotopic (exact) mass is 665 g/mol. The van der Waals surface area contributed by atoms with Gasteiger partial charge in [-0.1, -0.05) is 13.0 Å². The summed E-state index contributed by atoms with van der Waals surface area (Å²) in [7, 11) is -0.859. The van der Waals surface area contributed by atoms with Gasteiger partial charge in [0.05, 0.1) is 10.9 Å². The Bertz CT molecular complexity index is 1930. The lowest BCUT2D eigenvalue weighted by Crippen LogP contribution is -2.44. The molecule has 4 atom stereocenters. The molecule has 2 aromatic heterocycles. The number of aromatic hydroxyl groups is 1. The second-order valence-corrected chi connectivity index (χ2v) is 15.5. The third-order valence-corrected chi connectivity index (χ3v) is 12.5. The summed E-state index contributed by atoms with van der Waals surface area (Å²) in [5.74, 6) is 0.577. The number of nitrogens with zero attached hydrogens (tertiary/aromatic N) is 5. The number of aromatic nitrogens is 3. The first-order chi connectivity index (χ1) is 22.7. The molecule has 8 nitrogen and oxygen atoms in total. The third kappa shape index (κ3) is 5.22. The summed E-state index contributed by atoms with van der Waals surface area (Å²) in [6, 6.07) is 5.86. The number of aryl methyl sites for hydroxylation is 1. The highest BCUT2D eigenvalue weighted by Gasteiger charge is 2.49. The standard InChI is InChI=1S/C35H38F3N5O3S/c1-2-24-27(37)6-5-21-13-23(44)14-25(28(21)24)30-29(38)31-26(16-39-30)32(42-10-3-7-34(18-42)9-12-47(45)20-34)41-33(40-31)46-19-35-8-4-11-43(35)17-22(36)15-35/h5-6,13-14,16,22,44H,2-4,7-12,15,17-20H2,1H3/t22-,34-,35+,47+/m1/s1. The van der Waals surface area contributed by atoms with Gasteiger partial charge in [0.2, 0.25) is 0 Å². The number of hydrogen-bond acceptors (Lipinski definition) is 8. The number of rotatable bonds is 6. The van der Waals surface area contributed by atoms with E-state index in [2.05, 4.69) is 19.8 Å².